The second kappa shape index (κ2) is 10.6. The molecule has 0 amide bonds. The normalized spacial score (nSPS) is 11.7. The zero-order valence-electron chi connectivity index (χ0n) is 20.8. The van der Waals surface area contributed by atoms with E-state index in [9.17, 15) is 21.6 Å². The van der Waals surface area contributed by atoms with E-state index in [4.69, 9.17) is 9.15 Å². The van der Waals surface area contributed by atoms with Gasteiger partial charge < -0.3 is 14.5 Å². The van der Waals surface area contributed by atoms with Crippen molar-refractivity contribution in [3.63, 3.8) is 0 Å². The number of anilines is 3. The Morgan fingerprint density at radius 3 is 1.84 bits per heavy atom. The van der Waals surface area contributed by atoms with Gasteiger partial charge in [0.25, 0.3) is 25.9 Å². The number of aromatic nitrogens is 1. The van der Waals surface area contributed by atoms with E-state index >= 15 is 0 Å². The molecule has 0 atom stereocenters. The van der Waals surface area contributed by atoms with Crippen molar-refractivity contribution >= 4 is 37.4 Å². The third-order valence-electron chi connectivity index (χ3n) is 5.34. The van der Waals surface area contributed by atoms with E-state index in [0.29, 0.717) is 22.7 Å². The minimum atomic E-state index is -4.25. The molecule has 0 radical (unpaired) electrons. The summed E-state index contributed by atoms with van der Waals surface area (Å²) in [6.07, 6.45) is 0. The van der Waals surface area contributed by atoms with Gasteiger partial charge in [-0.3, -0.25) is 0 Å². The van der Waals surface area contributed by atoms with E-state index in [1.807, 2.05) is 13.8 Å². The van der Waals surface area contributed by atoms with Crippen molar-refractivity contribution in [3.8, 4) is 5.75 Å². The van der Waals surface area contributed by atoms with Gasteiger partial charge in [0.2, 0.25) is 0 Å². The molecule has 0 saturated carbocycles. The van der Waals surface area contributed by atoms with Gasteiger partial charge >= 0.3 is 5.76 Å². The Labute approximate surface area is 220 Å². The van der Waals surface area contributed by atoms with Crippen molar-refractivity contribution in [2.75, 3.05) is 21.5 Å². The van der Waals surface area contributed by atoms with E-state index < -0.39 is 31.7 Å². The Balaban J connectivity index is 1.76. The fraction of sp³-hybridized carbons (Fsp3) is 0.160. The summed E-state index contributed by atoms with van der Waals surface area (Å²) in [5, 5.41) is 2.86. The molecule has 1 aromatic heterocycles. The minimum Gasteiger partial charge on any atom is -0.494 e. The van der Waals surface area contributed by atoms with Crippen LogP contribution in [0.15, 0.2) is 91.8 Å². The van der Waals surface area contributed by atoms with Gasteiger partial charge in [0, 0.05) is 5.69 Å². The van der Waals surface area contributed by atoms with E-state index in [-0.39, 0.29) is 15.6 Å². The van der Waals surface area contributed by atoms with Crippen molar-refractivity contribution < 1.29 is 26.0 Å². The van der Waals surface area contributed by atoms with Crippen LogP contribution in [-0.4, -0.2) is 28.1 Å². The lowest BCUT2D eigenvalue weighted by Crippen LogP contribution is -2.31. The van der Waals surface area contributed by atoms with Crippen LogP contribution in [0, 0.1) is 13.8 Å². The van der Waals surface area contributed by atoms with Crippen molar-refractivity contribution in [2.45, 2.75) is 30.6 Å². The van der Waals surface area contributed by atoms with Crippen LogP contribution in [0.3, 0.4) is 0 Å². The average molecular weight is 559 g/mol. The van der Waals surface area contributed by atoms with E-state index in [2.05, 4.69) is 14.9 Å². The number of benzene rings is 3. The highest BCUT2D eigenvalue weighted by atomic mass is 32.2. The lowest BCUT2D eigenvalue weighted by Gasteiger charge is -2.14. The summed E-state index contributed by atoms with van der Waals surface area (Å²) in [6.45, 7) is 5.90. The van der Waals surface area contributed by atoms with E-state index in [1.54, 1.807) is 55.5 Å². The number of ether oxygens (including phenoxy) is 1. The summed E-state index contributed by atoms with van der Waals surface area (Å²) in [4.78, 5) is 14.8. The lowest BCUT2D eigenvalue weighted by atomic mass is 10.2. The molecule has 0 bridgehead atoms. The van der Waals surface area contributed by atoms with Crippen molar-refractivity contribution in [2.24, 2.45) is 0 Å². The van der Waals surface area contributed by atoms with Crippen LogP contribution in [0.25, 0.3) is 0 Å². The third kappa shape index (κ3) is 6.01. The summed E-state index contributed by atoms with van der Waals surface area (Å²) in [5.41, 5.74) is 2.09. The number of sulfonamides is 2. The number of nitrogens with one attached hydrogen (secondary N) is 3. The van der Waals surface area contributed by atoms with Crippen molar-refractivity contribution in [3.05, 3.63) is 94.5 Å². The number of hydrogen-bond acceptors (Lipinski definition) is 8. The van der Waals surface area contributed by atoms with Crippen LogP contribution in [0.2, 0.25) is 0 Å². The number of aryl methyl sites for hydroxylation is 2. The molecule has 0 fully saturated rings. The molecule has 0 spiro atoms. The second-order valence-electron chi connectivity index (χ2n) is 8.29. The summed E-state index contributed by atoms with van der Waals surface area (Å²) in [5.74, 6) is -1.39. The van der Waals surface area contributed by atoms with E-state index in [1.165, 1.54) is 24.3 Å². The molecule has 4 rings (SSSR count). The van der Waals surface area contributed by atoms with Crippen LogP contribution in [0.5, 0.6) is 5.75 Å². The molecule has 0 unspecified atom stereocenters. The molecule has 4 aromatic rings. The topological polar surface area (TPSA) is 149 Å². The molecule has 3 aromatic carbocycles. The number of oxazole rings is 1. The molecular formula is C25H26N4O7S2. The van der Waals surface area contributed by atoms with Gasteiger partial charge in [-0.2, -0.15) is 13.1 Å². The average Bonchev–Trinajstić information content (AvgIpc) is 3.13. The quantitative estimate of drug-likeness (QED) is 0.265. The predicted molar refractivity (Wildman–Crippen MR) is 144 cm³/mol. The van der Waals surface area contributed by atoms with Crippen LogP contribution < -0.4 is 25.4 Å². The van der Waals surface area contributed by atoms with Crippen LogP contribution in [-0.2, 0) is 20.0 Å². The number of rotatable bonds is 10. The molecule has 13 heteroatoms. The maximum absolute atomic E-state index is 13.0. The minimum absolute atomic E-state index is 0.0780. The fourth-order valence-electron chi connectivity index (χ4n) is 3.37. The maximum Gasteiger partial charge on any atom is 0.442 e. The molecule has 3 N–H and O–H groups in total. The number of hydrogen-bond donors (Lipinski definition) is 3. The summed E-state index contributed by atoms with van der Waals surface area (Å²) < 4.78 is 65.5. The van der Waals surface area contributed by atoms with Gasteiger partial charge in [0.05, 0.1) is 16.4 Å². The first-order valence-corrected chi connectivity index (χ1v) is 14.4. The lowest BCUT2D eigenvalue weighted by molar-refractivity contribution is 0.340. The molecule has 200 valence electrons. The highest BCUT2D eigenvalue weighted by Crippen LogP contribution is 2.28. The molecule has 0 aliphatic rings. The standard InChI is InChI=1S/C25H26N4O7S2/c1-4-35-20-11-9-19(10-12-20)26-23-24(27-37(31,32)21-13-5-17(2)6-14-21)36-25(30)29(23)28-38(33,34)22-15-7-18(3)8-16-22/h5-16,26-28H,4H2,1-3H3. The Kier molecular flexibility index (Phi) is 7.51. The zero-order valence-corrected chi connectivity index (χ0v) is 22.4. The summed E-state index contributed by atoms with van der Waals surface area (Å²) in [7, 11) is -8.45. The smallest absolute Gasteiger partial charge is 0.442 e. The largest absolute Gasteiger partial charge is 0.494 e. The van der Waals surface area contributed by atoms with Gasteiger partial charge in [-0.05, 0) is 69.3 Å². The van der Waals surface area contributed by atoms with Crippen LogP contribution in [0.1, 0.15) is 18.1 Å². The summed E-state index contributed by atoms with van der Waals surface area (Å²) >= 11 is 0. The SMILES string of the molecule is CCOc1ccc(Nc2c(NS(=O)(=O)c3ccc(C)cc3)oc(=O)n2NS(=O)(=O)c2ccc(C)cc2)cc1. The molecule has 0 saturated heterocycles. The van der Waals surface area contributed by atoms with Gasteiger partial charge in [-0.1, -0.05) is 35.4 Å². The molecule has 0 aliphatic heterocycles. The van der Waals surface area contributed by atoms with Crippen LogP contribution >= 0.6 is 0 Å². The molecule has 0 aliphatic carbocycles. The Bertz CT molecular complexity index is 1690. The molecule has 1 heterocycles. The Hall–Kier alpha value is -4.23. The second-order valence-corrected chi connectivity index (χ2v) is 11.6. The first-order chi connectivity index (χ1) is 18.0. The zero-order chi connectivity index (χ0) is 27.5. The highest BCUT2D eigenvalue weighted by molar-refractivity contribution is 7.93. The number of nitrogens with zero attached hydrogens (tertiary/aromatic N) is 1. The Morgan fingerprint density at radius 1 is 0.789 bits per heavy atom. The molecule has 11 nitrogen and oxygen atoms in total. The predicted octanol–water partition coefficient (Wildman–Crippen LogP) is 3.93. The van der Waals surface area contributed by atoms with Gasteiger partial charge in [0.15, 0.2) is 5.82 Å². The van der Waals surface area contributed by atoms with Gasteiger partial charge in [-0.15, -0.1) is 0 Å². The van der Waals surface area contributed by atoms with Gasteiger partial charge in [-0.25, -0.2) is 22.8 Å². The molecule has 38 heavy (non-hydrogen) atoms. The van der Waals surface area contributed by atoms with Gasteiger partial charge in [0.1, 0.15) is 5.75 Å². The summed E-state index contributed by atoms with van der Waals surface area (Å²) in [6, 6.07) is 18.5. The highest BCUT2D eigenvalue weighted by Gasteiger charge is 2.26. The van der Waals surface area contributed by atoms with Crippen LogP contribution in [0.4, 0.5) is 17.4 Å². The van der Waals surface area contributed by atoms with E-state index in [0.717, 1.165) is 11.1 Å². The van der Waals surface area contributed by atoms with Crippen molar-refractivity contribution in [1.82, 2.24) is 4.68 Å². The monoisotopic (exact) mass is 558 g/mol. The fourth-order valence-corrected chi connectivity index (χ4v) is 5.37. The van der Waals surface area contributed by atoms with Crippen molar-refractivity contribution in [1.29, 1.82) is 0 Å². The third-order valence-corrected chi connectivity index (χ3v) is 8.00. The first kappa shape index (κ1) is 26.8. The molecular weight excluding hydrogens is 532 g/mol. The Morgan fingerprint density at radius 2 is 1.32 bits per heavy atom. The first-order valence-electron chi connectivity index (χ1n) is 11.4. The maximum atomic E-state index is 13.0.